The standard InChI is InChI=1S/C14H22N2OS/c1-4-8-16(5-2)10-12-9-11(14(15)18)6-7-13(12)17-3/h6-7,9H,4-5,8,10H2,1-3H3,(H2,15,18). The lowest BCUT2D eigenvalue weighted by Crippen LogP contribution is -2.24. The fraction of sp³-hybridized carbons (Fsp3) is 0.500. The number of nitrogens with two attached hydrogens (primary N) is 1. The molecule has 0 spiro atoms. The first-order chi connectivity index (χ1) is 8.62. The monoisotopic (exact) mass is 266 g/mol. The Kier molecular flexibility index (Phi) is 6.09. The number of benzene rings is 1. The van der Waals surface area contributed by atoms with Gasteiger partial charge in [0.15, 0.2) is 0 Å². The topological polar surface area (TPSA) is 38.5 Å². The van der Waals surface area contributed by atoms with E-state index in [1.165, 1.54) is 0 Å². The van der Waals surface area contributed by atoms with Crippen LogP contribution in [0.2, 0.25) is 0 Å². The van der Waals surface area contributed by atoms with Crippen molar-refractivity contribution in [3.8, 4) is 5.75 Å². The van der Waals surface area contributed by atoms with Crippen molar-refractivity contribution in [3.63, 3.8) is 0 Å². The van der Waals surface area contributed by atoms with E-state index in [1.807, 2.05) is 18.2 Å². The Hall–Kier alpha value is -1.13. The molecule has 0 radical (unpaired) electrons. The predicted octanol–water partition coefficient (Wildman–Crippen LogP) is 2.56. The van der Waals surface area contributed by atoms with Crippen molar-refractivity contribution in [2.45, 2.75) is 26.8 Å². The number of thiocarbonyl (C=S) groups is 1. The van der Waals surface area contributed by atoms with Gasteiger partial charge in [-0.25, -0.2) is 0 Å². The highest BCUT2D eigenvalue weighted by Crippen LogP contribution is 2.21. The number of nitrogens with zero attached hydrogens (tertiary/aromatic N) is 1. The Morgan fingerprint density at radius 3 is 2.61 bits per heavy atom. The van der Waals surface area contributed by atoms with Crippen molar-refractivity contribution < 1.29 is 4.74 Å². The Morgan fingerprint density at radius 2 is 2.11 bits per heavy atom. The lowest BCUT2D eigenvalue weighted by atomic mass is 10.1. The van der Waals surface area contributed by atoms with Gasteiger partial charge in [-0.2, -0.15) is 0 Å². The molecule has 0 aliphatic rings. The van der Waals surface area contributed by atoms with Crippen molar-refractivity contribution in [1.82, 2.24) is 4.90 Å². The van der Waals surface area contributed by atoms with E-state index in [1.54, 1.807) is 7.11 Å². The maximum absolute atomic E-state index is 5.67. The molecule has 0 aliphatic heterocycles. The third-order valence-corrected chi connectivity index (χ3v) is 3.18. The van der Waals surface area contributed by atoms with Crippen molar-refractivity contribution in [3.05, 3.63) is 29.3 Å². The summed E-state index contributed by atoms with van der Waals surface area (Å²) in [5.74, 6) is 0.893. The minimum Gasteiger partial charge on any atom is -0.496 e. The highest BCUT2D eigenvalue weighted by molar-refractivity contribution is 7.80. The van der Waals surface area contributed by atoms with Crippen LogP contribution in [0.25, 0.3) is 0 Å². The van der Waals surface area contributed by atoms with E-state index in [0.29, 0.717) is 4.99 Å². The zero-order valence-corrected chi connectivity index (χ0v) is 12.2. The summed E-state index contributed by atoms with van der Waals surface area (Å²) in [5.41, 5.74) is 7.71. The van der Waals surface area contributed by atoms with Crippen molar-refractivity contribution in [2.24, 2.45) is 5.73 Å². The molecule has 1 aromatic rings. The summed E-state index contributed by atoms with van der Waals surface area (Å²) in [6.07, 6.45) is 1.14. The molecule has 0 aromatic heterocycles. The van der Waals surface area contributed by atoms with Gasteiger partial charge in [-0.05, 0) is 37.7 Å². The summed E-state index contributed by atoms with van der Waals surface area (Å²) in [4.78, 5) is 2.80. The normalized spacial score (nSPS) is 10.7. The van der Waals surface area contributed by atoms with Gasteiger partial charge in [0.05, 0.1) is 7.11 Å². The average molecular weight is 266 g/mol. The van der Waals surface area contributed by atoms with Gasteiger partial charge in [-0.3, -0.25) is 4.90 Å². The van der Waals surface area contributed by atoms with Crippen LogP contribution >= 0.6 is 12.2 Å². The van der Waals surface area contributed by atoms with E-state index in [-0.39, 0.29) is 0 Å². The second-order valence-electron chi connectivity index (χ2n) is 4.26. The van der Waals surface area contributed by atoms with E-state index in [0.717, 1.165) is 42.9 Å². The second-order valence-corrected chi connectivity index (χ2v) is 4.70. The Labute approximate surface area is 115 Å². The maximum Gasteiger partial charge on any atom is 0.123 e. The molecule has 0 atom stereocenters. The van der Waals surface area contributed by atoms with Gasteiger partial charge in [-0.1, -0.05) is 26.1 Å². The van der Waals surface area contributed by atoms with E-state index in [4.69, 9.17) is 22.7 Å². The van der Waals surface area contributed by atoms with Gasteiger partial charge >= 0.3 is 0 Å². The number of methoxy groups -OCH3 is 1. The van der Waals surface area contributed by atoms with E-state index < -0.39 is 0 Å². The van der Waals surface area contributed by atoms with Gasteiger partial charge in [0.2, 0.25) is 0 Å². The van der Waals surface area contributed by atoms with E-state index >= 15 is 0 Å². The van der Waals surface area contributed by atoms with Crippen LogP contribution in [0.5, 0.6) is 5.75 Å². The number of hydrogen-bond acceptors (Lipinski definition) is 3. The molecule has 0 unspecified atom stereocenters. The van der Waals surface area contributed by atoms with Crippen LogP contribution in [0.15, 0.2) is 18.2 Å². The van der Waals surface area contributed by atoms with E-state index in [9.17, 15) is 0 Å². The molecule has 18 heavy (non-hydrogen) atoms. The van der Waals surface area contributed by atoms with Crippen molar-refractivity contribution in [1.29, 1.82) is 0 Å². The molecule has 4 heteroatoms. The Bertz CT molecular complexity index is 407. The molecule has 1 aromatic carbocycles. The number of hydrogen-bond donors (Lipinski definition) is 1. The zero-order valence-electron chi connectivity index (χ0n) is 11.4. The predicted molar refractivity (Wildman–Crippen MR) is 80.1 cm³/mol. The molecular formula is C14H22N2OS. The van der Waals surface area contributed by atoms with Gasteiger partial charge in [-0.15, -0.1) is 0 Å². The molecule has 2 N–H and O–H groups in total. The maximum atomic E-state index is 5.67. The quantitative estimate of drug-likeness (QED) is 0.770. The first-order valence-corrected chi connectivity index (χ1v) is 6.72. The molecule has 1 rings (SSSR count). The fourth-order valence-corrected chi connectivity index (χ4v) is 2.09. The number of ether oxygens (including phenoxy) is 1. The van der Waals surface area contributed by atoms with Crippen molar-refractivity contribution in [2.75, 3.05) is 20.2 Å². The smallest absolute Gasteiger partial charge is 0.123 e. The van der Waals surface area contributed by atoms with E-state index in [2.05, 4.69) is 18.7 Å². The van der Waals surface area contributed by atoms with Crippen LogP contribution in [0.1, 0.15) is 31.4 Å². The molecular weight excluding hydrogens is 244 g/mol. The van der Waals surface area contributed by atoms with Gasteiger partial charge < -0.3 is 10.5 Å². The molecule has 3 nitrogen and oxygen atoms in total. The highest BCUT2D eigenvalue weighted by atomic mass is 32.1. The molecule has 0 saturated carbocycles. The van der Waals surface area contributed by atoms with Crippen LogP contribution in [-0.4, -0.2) is 30.1 Å². The molecule has 0 aliphatic carbocycles. The molecule has 0 heterocycles. The molecule has 0 bridgehead atoms. The lowest BCUT2D eigenvalue weighted by Gasteiger charge is -2.21. The Balaban J connectivity index is 2.96. The second kappa shape index (κ2) is 7.34. The average Bonchev–Trinajstić information content (AvgIpc) is 2.37. The molecule has 0 saturated heterocycles. The minimum absolute atomic E-state index is 0.428. The summed E-state index contributed by atoms with van der Waals surface area (Å²) < 4.78 is 5.39. The Morgan fingerprint density at radius 1 is 1.39 bits per heavy atom. The summed E-state index contributed by atoms with van der Waals surface area (Å²) in [7, 11) is 1.69. The minimum atomic E-state index is 0.428. The first-order valence-electron chi connectivity index (χ1n) is 6.31. The fourth-order valence-electron chi connectivity index (χ4n) is 1.96. The molecule has 0 fully saturated rings. The van der Waals surface area contributed by atoms with Gasteiger partial charge in [0, 0.05) is 17.7 Å². The summed E-state index contributed by atoms with van der Waals surface area (Å²) in [6.45, 7) is 7.32. The summed E-state index contributed by atoms with van der Waals surface area (Å²) in [6, 6.07) is 5.86. The number of rotatable bonds is 7. The van der Waals surface area contributed by atoms with Crippen LogP contribution < -0.4 is 10.5 Å². The van der Waals surface area contributed by atoms with Crippen LogP contribution in [0.3, 0.4) is 0 Å². The van der Waals surface area contributed by atoms with Crippen LogP contribution in [-0.2, 0) is 6.54 Å². The van der Waals surface area contributed by atoms with Crippen molar-refractivity contribution >= 4 is 17.2 Å². The lowest BCUT2D eigenvalue weighted by molar-refractivity contribution is 0.275. The highest BCUT2D eigenvalue weighted by Gasteiger charge is 2.09. The van der Waals surface area contributed by atoms with Crippen LogP contribution in [0.4, 0.5) is 0 Å². The molecule has 0 amide bonds. The SMILES string of the molecule is CCCN(CC)Cc1cc(C(N)=S)ccc1OC. The third kappa shape index (κ3) is 3.96. The zero-order chi connectivity index (χ0) is 13.5. The summed E-state index contributed by atoms with van der Waals surface area (Å²) >= 11 is 5.02. The largest absolute Gasteiger partial charge is 0.496 e. The van der Waals surface area contributed by atoms with Gasteiger partial charge in [0.25, 0.3) is 0 Å². The summed E-state index contributed by atoms with van der Waals surface area (Å²) in [5, 5.41) is 0. The third-order valence-electron chi connectivity index (χ3n) is 2.95. The molecule has 100 valence electrons. The van der Waals surface area contributed by atoms with Crippen LogP contribution in [0, 0.1) is 0 Å². The van der Waals surface area contributed by atoms with Gasteiger partial charge in [0.1, 0.15) is 10.7 Å². The first kappa shape index (κ1) is 14.9.